The zero-order chi connectivity index (χ0) is 14.0. The van der Waals surface area contributed by atoms with E-state index in [2.05, 4.69) is 13.8 Å². The third-order valence-electron chi connectivity index (χ3n) is 3.85. The van der Waals surface area contributed by atoms with Gasteiger partial charge in [-0.25, -0.2) is 13.6 Å². The maximum absolute atomic E-state index is 11.1. The second-order valence-electron chi connectivity index (χ2n) is 6.67. The van der Waals surface area contributed by atoms with Crippen LogP contribution in [-0.4, -0.2) is 26.9 Å². The summed E-state index contributed by atoms with van der Waals surface area (Å²) >= 11 is 0. The molecule has 5 heteroatoms. The summed E-state index contributed by atoms with van der Waals surface area (Å²) in [4.78, 5) is 0. The molecule has 3 unspecified atom stereocenters. The first kappa shape index (κ1) is 15.9. The van der Waals surface area contributed by atoms with Crippen molar-refractivity contribution in [1.29, 1.82) is 0 Å². The molecular weight excluding hydrogens is 250 g/mol. The fourth-order valence-electron chi connectivity index (χ4n) is 2.58. The number of nitrogens with two attached hydrogens (primary N) is 1. The molecule has 0 aromatic heterocycles. The van der Waals surface area contributed by atoms with E-state index in [0.29, 0.717) is 12.5 Å². The van der Waals surface area contributed by atoms with Crippen molar-refractivity contribution in [3.8, 4) is 0 Å². The summed E-state index contributed by atoms with van der Waals surface area (Å²) in [6.07, 6.45) is 3.63. The van der Waals surface area contributed by atoms with Crippen LogP contribution in [0.4, 0.5) is 0 Å². The third-order valence-corrected chi connectivity index (χ3v) is 5.04. The number of hydrogen-bond acceptors (Lipinski definition) is 3. The predicted octanol–water partition coefficient (Wildman–Crippen LogP) is 2.14. The highest BCUT2D eigenvalue weighted by Gasteiger charge is 2.29. The van der Waals surface area contributed by atoms with Gasteiger partial charge in [0.1, 0.15) is 0 Å². The van der Waals surface area contributed by atoms with Gasteiger partial charge in [0.05, 0.1) is 18.5 Å². The standard InChI is InChI=1S/C13H27NO3S/c1-10-5-6-12(7-11(10)2)17-8-13(3,4)9-18(14,15)16/h10-12H,5-9H2,1-4H3,(H2,14,15,16). The van der Waals surface area contributed by atoms with Crippen molar-refractivity contribution in [2.45, 2.75) is 53.1 Å². The lowest BCUT2D eigenvalue weighted by Gasteiger charge is -2.34. The molecule has 0 aromatic carbocycles. The fraction of sp³-hybridized carbons (Fsp3) is 1.00. The van der Waals surface area contributed by atoms with E-state index < -0.39 is 15.4 Å². The van der Waals surface area contributed by atoms with Gasteiger partial charge in [0, 0.05) is 5.41 Å². The van der Waals surface area contributed by atoms with E-state index in [4.69, 9.17) is 9.88 Å². The molecule has 0 saturated heterocycles. The van der Waals surface area contributed by atoms with Gasteiger partial charge in [-0.1, -0.05) is 27.7 Å². The van der Waals surface area contributed by atoms with Crippen molar-refractivity contribution < 1.29 is 13.2 Å². The molecule has 0 bridgehead atoms. The molecule has 0 radical (unpaired) electrons. The fourth-order valence-corrected chi connectivity index (χ4v) is 3.75. The van der Waals surface area contributed by atoms with Gasteiger partial charge in [0.2, 0.25) is 10.0 Å². The maximum Gasteiger partial charge on any atom is 0.209 e. The van der Waals surface area contributed by atoms with Crippen LogP contribution in [0, 0.1) is 17.3 Å². The van der Waals surface area contributed by atoms with Crippen LogP contribution in [0.15, 0.2) is 0 Å². The van der Waals surface area contributed by atoms with Crippen molar-refractivity contribution in [1.82, 2.24) is 0 Å². The molecule has 1 aliphatic rings. The summed E-state index contributed by atoms with van der Waals surface area (Å²) in [7, 11) is -3.43. The molecule has 0 aliphatic heterocycles. The van der Waals surface area contributed by atoms with E-state index in [0.717, 1.165) is 18.8 Å². The first-order chi connectivity index (χ1) is 8.09. The number of ether oxygens (including phenoxy) is 1. The van der Waals surface area contributed by atoms with E-state index in [1.165, 1.54) is 6.42 Å². The van der Waals surface area contributed by atoms with Crippen LogP contribution in [0.5, 0.6) is 0 Å². The normalized spacial score (nSPS) is 30.4. The van der Waals surface area contributed by atoms with Gasteiger partial charge >= 0.3 is 0 Å². The van der Waals surface area contributed by atoms with Crippen molar-refractivity contribution in [2.24, 2.45) is 22.4 Å². The highest BCUT2D eigenvalue weighted by atomic mass is 32.2. The Balaban J connectivity index is 2.41. The molecule has 4 nitrogen and oxygen atoms in total. The van der Waals surface area contributed by atoms with E-state index in [9.17, 15) is 8.42 Å². The van der Waals surface area contributed by atoms with Gasteiger partial charge in [0.15, 0.2) is 0 Å². The zero-order valence-electron chi connectivity index (χ0n) is 12.0. The molecule has 1 rings (SSSR count). The number of sulfonamides is 1. The quantitative estimate of drug-likeness (QED) is 0.837. The summed E-state index contributed by atoms with van der Waals surface area (Å²) in [5, 5.41) is 5.09. The second kappa shape index (κ2) is 5.88. The average Bonchev–Trinajstić information content (AvgIpc) is 2.16. The predicted molar refractivity (Wildman–Crippen MR) is 73.7 cm³/mol. The highest BCUT2D eigenvalue weighted by Crippen LogP contribution is 2.32. The lowest BCUT2D eigenvalue weighted by Crippen LogP contribution is -2.35. The molecule has 1 saturated carbocycles. The molecule has 3 atom stereocenters. The molecule has 108 valence electrons. The average molecular weight is 277 g/mol. The minimum absolute atomic E-state index is 0.0291. The van der Waals surface area contributed by atoms with Crippen LogP contribution < -0.4 is 5.14 Å². The van der Waals surface area contributed by atoms with Crippen molar-refractivity contribution >= 4 is 10.0 Å². The molecule has 1 fully saturated rings. The van der Waals surface area contributed by atoms with Crippen molar-refractivity contribution in [3.63, 3.8) is 0 Å². The van der Waals surface area contributed by atoms with Crippen LogP contribution in [0.3, 0.4) is 0 Å². The van der Waals surface area contributed by atoms with Crippen molar-refractivity contribution in [3.05, 3.63) is 0 Å². The molecule has 1 aliphatic carbocycles. The molecule has 0 aromatic rings. The lowest BCUT2D eigenvalue weighted by molar-refractivity contribution is -0.0277. The smallest absolute Gasteiger partial charge is 0.209 e. The Hall–Kier alpha value is -0.130. The van der Waals surface area contributed by atoms with Crippen LogP contribution >= 0.6 is 0 Å². The van der Waals surface area contributed by atoms with Crippen molar-refractivity contribution in [2.75, 3.05) is 12.4 Å². The molecule has 0 heterocycles. The molecular formula is C13H27NO3S. The largest absolute Gasteiger partial charge is 0.378 e. The zero-order valence-corrected chi connectivity index (χ0v) is 12.8. The van der Waals surface area contributed by atoms with Gasteiger partial charge in [-0.15, -0.1) is 0 Å². The SMILES string of the molecule is CC1CCC(OCC(C)(C)CS(N)(=O)=O)CC1C. The topological polar surface area (TPSA) is 69.4 Å². The summed E-state index contributed by atoms with van der Waals surface area (Å²) in [5.74, 6) is 1.42. The van der Waals surface area contributed by atoms with Crippen LogP contribution in [0.1, 0.15) is 47.0 Å². The number of hydrogen-bond donors (Lipinski definition) is 1. The van der Waals surface area contributed by atoms with Gasteiger partial charge in [-0.2, -0.15) is 0 Å². The van der Waals surface area contributed by atoms with Crippen LogP contribution in [0.25, 0.3) is 0 Å². The first-order valence-electron chi connectivity index (χ1n) is 6.71. The number of rotatable bonds is 5. The molecule has 0 amide bonds. The van der Waals surface area contributed by atoms with Gasteiger partial charge in [0.25, 0.3) is 0 Å². The van der Waals surface area contributed by atoms with E-state index in [-0.39, 0.29) is 11.9 Å². The lowest BCUT2D eigenvalue weighted by atomic mass is 9.80. The Morgan fingerprint density at radius 2 is 1.83 bits per heavy atom. The second-order valence-corrected chi connectivity index (χ2v) is 8.29. The summed E-state index contributed by atoms with van der Waals surface area (Å²) < 4.78 is 28.1. The first-order valence-corrected chi connectivity index (χ1v) is 8.43. The Labute approximate surface area is 111 Å². The summed E-state index contributed by atoms with van der Waals surface area (Å²) in [6, 6.07) is 0. The van der Waals surface area contributed by atoms with Crippen LogP contribution in [0.2, 0.25) is 0 Å². The molecule has 0 spiro atoms. The van der Waals surface area contributed by atoms with E-state index in [1.807, 2.05) is 13.8 Å². The third kappa shape index (κ3) is 5.67. The molecule has 18 heavy (non-hydrogen) atoms. The van der Waals surface area contributed by atoms with E-state index >= 15 is 0 Å². The summed E-state index contributed by atoms with van der Waals surface area (Å²) in [5.41, 5.74) is -0.417. The Kier molecular flexibility index (Phi) is 5.21. The Morgan fingerprint density at radius 1 is 1.22 bits per heavy atom. The highest BCUT2D eigenvalue weighted by molar-refractivity contribution is 7.89. The monoisotopic (exact) mass is 277 g/mol. The maximum atomic E-state index is 11.1. The molecule has 2 N–H and O–H groups in total. The Morgan fingerprint density at radius 3 is 2.33 bits per heavy atom. The Bertz CT molecular complexity index is 364. The minimum atomic E-state index is -3.43. The number of primary sulfonamides is 1. The van der Waals surface area contributed by atoms with Gasteiger partial charge in [-0.05, 0) is 31.1 Å². The van der Waals surface area contributed by atoms with Crippen LogP contribution in [-0.2, 0) is 14.8 Å². The minimum Gasteiger partial charge on any atom is -0.378 e. The van der Waals surface area contributed by atoms with Gasteiger partial charge < -0.3 is 4.74 Å². The van der Waals surface area contributed by atoms with E-state index in [1.54, 1.807) is 0 Å². The summed E-state index contributed by atoms with van der Waals surface area (Å²) in [6.45, 7) is 8.76. The van der Waals surface area contributed by atoms with Gasteiger partial charge in [-0.3, -0.25) is 0 Å².